The lowest BCUT2D eigenvalue weighted by atomic mass is 10.0. The molecule has 0 spiro atoms. The van der Waals surface area contributed by atoms with Gasteiger partial charge in [0.15, 0.2) is 5.82 Å². The van der Waals surface area contributed by atoms with E-state index in [9.17, 15) is 0 Å². The third-order valence-corrected chi connectivity index (χ3v) is 5.01. The van der Waals surface area contributed by atoms with E-state index in [0.717, 1.165) is 49.2 Å². The molecule has 2 aromatic heterocycles. The Labute approximate surface area is 149 Å². The van der Waals surface area contributed by atoms with E-state index in [0.29, 0.717) is 6.61 Å². The summed E-state index contributed by atoms with van der Waals surface area (Å²) in [6.07, 6.45) is 3.91. The Bertz CT molecular complexity index is 733. The summed E-state index contributed by atoms with van der Waals surface area (Å²) in [5.41, 5.74) is 4.76. The second kappa shape index (κ2) is 6.75. The van der Waals surface area contributed by atoms with Gasteiger partial charge in [0, 0.05) is 37.3 Å². The average Bonchev–Trinajstić information content (AvgIpc) is 3.35. The fourth-order valence-electron chi connectivity index (χ4n) is 3.38. The monoisotopic (exact) mass is 341 g/mol. The van der Waals surface area contributed by atoms with Crippen molar-refractivity contribution in [1.82, 2.24) is 20.0 Å². The minimum atomic E-state index is 0.215. The fraction of sp³-hybridized carbons (Fsp3) is 0.632. The van der Waals surface area contributed by atoms with Crippen molar-refractivity contribution in [2.45, 2.75) is 65.8 Å². The fourth-order valence-corrected chi connectivity index (χ4v) is 3.38. The van der Waals surface area contributed by atoms with Gasteiger partial charge in [0.2, 0.25) is 0 Å². The van der Waals surface area contributed by atoms with E-state index in [1.165, 1.54) is 24.1 Å². The number of hydrogen-bond donors (Lipinski definition) is 0. The van der Waals surface area contributed by atoms with Gasteiger partial charge in [0.1, 0.15) is 0 Å². The summed E-state index contributed by atoms with van der Waals surface area (Å²) < 4.78 is 8.12. The van der Waals surface area contributed by atoms with Crippen LogP contribution in [0.15, 0.2) is 12.1 Å². The zero-order valence-electron chi connectivity index (χ0n) is 15.4. The van der Waals surface area contributed by atoms with E-state index < -0.39 is 0 Å². The molecule has 2 aromatic rings. The normalized spacial score (nSPS) is 17.2. The minimum absolute atomic E-state index is 0.215. The zero-order chi connectivity index (χ0) is 17.4. The number of rotatable bonds is 6. The van der Waals surface area contributed by atoms with Crippen LogP contribution in [0.1, 0.15) is 49.3 Å². The largest absolute Gasteiger partial charge is 0.372 e. The topological polar surface area (TPSA) is 56.1 Å². The molecule has 1 saturated carbocycles. The maximum Gasteiger partial charge on any atom is 0.151 e. The van der Waals surface area contributed by atoms with E-state index in [1.54, 1.807) is 0 Å². The Morgan fingerprint density at radius 3 is 2.76 bits per heavy atom. The quantitative estimate of drug-likeness (QED) is 0.809. The van der Waals surface area contributed by atoms with Crippen molar-refractivity contribution < 1.29 is 4.74 Å². The summed E-state index contributed by atoms with van der Waals surface area (Å²) in [5, 5.41) is 13.5. The Morgan fingerprint density at radius 2 is 2.08 bits per heavy atom. The molecule has 3 heterocycles. The van der Waals surface area contributed by atoms with Gasteiger partial charge in [-0.25, -0.2) is 0 Å². The molecule has 2 aliphatic rings. The Morgan fingerprint density at radius 1 is 1.24 bits per heavy atom. The standard InChI is InChI=1S/C19H27N5O/c1-13(2)25-12-17-16-11-23(19-7-4-14(3)20-21-19)9-8-18(16)24(22-17)10-15-5-6-15/h4,7,13,15H,5-6,8-12H2,1-3H3. The first-order valence-electron chi connectivity index (χ1n) is 9.34. The molecule has 0 atom stereocenters. The second-order valence-electron chi connectivity index (χ2n) is 7.56. The average molecular weight is 341 g/mol. The van der Waals surface area contributed by atoms with Crippen LogP contribution in [0.4, 0.5) is 5.82 Å². The van der Waals surface area contributed by atoms with Crippen LogP contribution in [0, 0.1) is 12.8 Å². The first kappa shape index (κ1) is 16.5. The molecule has 1 aliphatic carbocycles. The van der Waals surface area contributed by atoms with Gasteiger partial charge in [0.25, 0.3) is 0 Å². The highest BCUT2D eigenvalue weighted by molar-refractivity contribution is 5.43. The van der Waals surface area contributed by atoms with Gasteiger partial charge in [0.05, 0.1) is 24.1 Å². The molecular formula is C19H27N5O. The summed E-state index contributed by atoms with van der Waals surface area (Å²) in [6.45, 7) is 9.57. The lowest BCUT2D eigenvalue weighted by molar-refractivity contribution is 0.0628. The lowest BCUT2D eigenvalue weighted by Gasteiger charge is -2.28. The van der Waals surface area contributed by atoms with E-state index in [1.807, 2.05) is 13.0 Å². The van der Waals surface area contributed by atoms with Crippen molar-refractivity contribution in [2.75, 3.05) is 11.4 Å². The molecule has 134 valence electrons. The molecule has 0 amide bonds. The van der Waals surface area contributed by atoms with Gasteiger partial charge >= 0.3 is 0 Å². The summed E-state index contributed by atoms with van der Waals surface area (Å²) in [5.74, 6) is 1.77. The molecule has 25 heavy (non-hydrogen) atoms. The van der Waals surface area contributed by atoms with E-state index in [-0.39, 0.29) is 6.10 Å². The minimum Gasteiger partial charge on any atom is -0.372 e. The van der Waals surface area contributed by atoms with Crippen LogP contribution in [0.3, 0.4) is 0 Å². The highest BCUT2D eigenvalue weighted by atomic mass is 16.5. The molecule has 0 aromatic carbocycles. The Hall–Kier alpha value is -1.95. The predicted octanol–water partition coefficient (Wildman–Crippen LogP) is 2.88. The molecule has 6 heteroatoms. The Kier molecular flexibility index (Phi) is 4.46. The van der Waals surface area contributed by atoms with Crippen LogP contribution < -0.4 is 4.90 Å². The number of nitrogens with zero attached hydrogens (tertiary/aromatic N) is 5. The predicted molar refractivity (Wildman–Crippen MR) is 96.4 cm³/mol. The molecule has 4 rings (SSSR count). The van der Waals surface area contributed by atoms with Crippen LogP contribution in [0.5, 0.6) is 0 Å². The third kappa shape index (κ3) is 3.68. The third-order valence-electron chi connectivity index (χ3n) is 5.01. The number of aromatic nitrogens is 4. The molecule has 0 radical (unpaired) electrons. The smallest absolute Gasteiger partial charge is 0.151 e. The van der Waals surface area contributed by atoms with Gasteiger partial charge in [-0.2, -0.15) is 10.2 Å². The van der Waals surface area contributed by atoms with Crippen molar-refractivity contribution in [3.8, 4) is 0 Å². The van der Waals surface area contributed by atoms with Gasteiger partial charge in [-0.3, -0.25) is 4.68 Å². The maximum atomic E-state index is 5.86. The van der Waals surface area contributed by atoms with Crippen LogP contribution in [0.25, 0.3) is 0 Å². The van der Waals surface area contributed by atoms with Crippen LogP contribution in [-0.4, -0.2) is 32.6 Å². The number of aryl methyl sites for hydroxylation is 1. The van der Waals surface area contributed by atoms with E-state index in [2.05, 4.69) is 39.7 Å². The van der Waals surface area contributed by atoms with E-state index in [4.69, 9.17) is 9.84 Å². The van der Waals surface area contributed by atoms with Crippen LogP contribution in [0.2, 0.25) is 0 Å². The van der Waals surface area contributed by atoms with Gasteiger partial charge in [-0.05, 0) is 51.7 Å². The zero-order valence-corrected chi connectivity index (χ0v) is 15.4. The van der Waals surface area contributed by atoms with Crippen molar-refractivity contribution in [2.24, 2.45) is 5.92 Å². The molecule has 0 bridgehead atoms. The second-order valence-corrected chi connectivity index (χ2v) is 7.56. The Balaban J connectivity index is 1.59. The number of ether oxygens (including phenoxy) is 1. The molecular weight excluding hydrogens is 314 g/mol. The van der Waals surface area contributed by atoms with Crippen molar-refractivity contribution >= 4 is 5.82 Å². The highest BCUT2D eigenvalue weighted by Crippen LogP contribution is 2.33. The highest BCUT2D eigenvalue weighted by Gasteiger charge is 2.29. The summed E-state index contributed by atoms with van der Waals surface area (Å²) >= 11 is 0. The molecule has 1 aliphatic heterocycles. The summed E-state index contributed by atoms with van der Waals surface area (Å²) in [6, 6.07) is 4.09. The molecule has 0 saturated heterocycles. The molecule has 6 nitrogen and oxygen atoms in total. The first-order valence-corrected chi connectivity index (χ1v) is 9.34. The summed E-state index contributed by atoms with van der Waals surface area (Å²) in [4.78, 5) is 2.30. The van der Waals surface area contributed by atoms with Gasteiger partial charge in [-0.15, -0.1) is 5.10 Å². The number of anilines is 1. The van der Waals surface area contributed by atoms with Gasteiger partial charge in [-0.1, -0.05) is 0 Å². The molecule has 0 N–H and O–H groups in total. The number of fused-ring (bicyclic) bond motifs is 1. The van der Waals surface area contributed by atoms with Crippen LogP contribution in [-0.2, 0) is 30.9 Å². The van der Waals surface area contributed by atoms with Crippen molar-refractivity contribution in [3.05, 3.63) is 34.8 Å². The van der Waals surface area contributed by atoms with Crippen LogP contribution >= 0.6 is 0 Å². The molecule has 1 fully saturated rings. The van der Waals surface area contributed by atoms with Crippen molar-refractivity contribution in [1.29, 1.82) is 0 Å². The van der Waals surface area contributed by atoms with E-state index >= 15 is 0 Å². The maximum absolute atomic E-state index is 5.86. The lowest BCUT2D eigenvalue weighted by Crippen LogP contribution is -2.32. The SMILES string of the molecule is Cc1ccc(N2CCc3c(c(COC(C)C)nn3CC3CC3)C2)nn1. The molecule has 0 unspecified atom stereocenters. The van der Waals surface area contributed by atoms with Crippen molar-refractivity contribution in [3.63, 3.8) is 0 Å². The first-order chi connectivity index (χ1) is 12.1. The summed E-state index contributed by atoms with van der Waals surface area (Å²) in [7, 11) is 0. The number of hydrogen-bond acceptors (Lipinski definition) is 5. The van der Waals surface area contributed by atoms with Gasteiger partial charge < -0.3 is 9.64 Å².